The minimum atomic E-state index is -0.472. The zero-order chi connectivity index (χ0) is 19.7. The standard InChI is InChI=1S/C19H14N4O3S2/c1-10-12(7-8-25-10)17-22-23-19(26-17)27-11(2)16(24)13(9-20)18-21-14-5-3-4-6-15(14)28-18/h3-8,11,24H,1-2H3/b16-13-. The van der Waals surface area contributed by atoms with Crippen LogP contribution in [0.25, 0.3) is 27.2 Å². The molecule has 140 valence electrons. The van der Waals surface area contributed by atoms with Crippen LogP contribution in [-0.4, -0.2) is 25.5 Å². The number of thioether (sulfide) groups is 1. The number of para-hydroxylation sites is 1. The number of fused-ring (bicyclic) bond motifs is 1. The highest BCUT2D eigenvalue weighted by atomic mass is 32.2. The molecule has 3 heterocycles. The molecule has 1 N–H and O–H groups in total. The van der Waals surface area contributed by atoms with Crippen molar-refractivity contribution in [3.8, 4) is 17.5 Å². The third kappa shape index (κ3) is 3.40. The van der Waals surface area contributed by atoms with E-state index in [1.54, 1.807) is 26.2 Å². The summed E-state index contributed by atoms with van der Waals surface area (Å²) in [4.78, 5) is 4.45. The molecular weight excluding hydrogens is 396 g/mol. The monoisotopic (exact) mass is 410 g/mol. The minimum Gasteiger partial charge on any atom is -0.510 e. The number of nitrogens with zero attached hydrogens (tertiary/aromatic N) is 4. The third-order valence-electron chi connectivity index (χ3n) is 4.03. The predicted molar refractivity (Wildman–Crippen MR) is 107 cm³/mol. The van der Waals surface area contributed by atoms with Crippen LogP contribution in [0.1, 0.15) is 17.7 Å². The Labute approximate surface area is 168 Å². The first-order valence-electron chi connectivity index (χ1n) is 8.30. The van der Waals surface area contributed by atoms with Gasteiger partial charge in [-0.15, -0.1) is 21.5 Å². The lowest BCUT2D eigenvalue weighted by Gasteiger charge is -2.08. The summed E-state index contributed by atoms with van der Waals surface area (Å²) in [6.45, 7) is 3.57. The molecular formula is C19H14N4O3S2. The van der Waals surface area contributed by atoms with E-state index in [1.165, 1.54) is 23.1 Å². The van der Waals surface area contributed by atoms with Crippen molar-refractivity contribution in [2.75, 3.05) is 0 Å². The van der Waals surface area contributed by atoms with Crippen molar-refractivity contribution in [3.63, 3.8) is 0 Å². The molecule has 7 nitrogen and oxygen atoms in total. The number of aliphatic hydroxyl groups excluding tert-OH is 1. The number of aromatic nitrogens is 3. The van der Waals surface area contributed by atoms with E-state index in [4.69, 9.17) is 8.83 Å². The lowest BCUT2D eigenvalue weighted by Crippen LogP contribution is -2.04. The first kappa shape index (κ1) is 18.3. The van der Waals surface area contributed by atoms with Crippen LogP contribution in [0.3, 0.4) is 0 Å². The molecule has 4 aromatic rings. The van der Waals surface area contributed by atoms with Gasteiger partial charge in [-0.2, -0.15) is 5.26 Å². The smallest absolute Gasteiger partial charge is 0.277 e. The van der Waals surface area contributed by atoms with Gasteiger partial charge in [-0.3, -0.25) is 0 Å². The summed E-state index contributed by atoms with van der Waals surface area (Å²) < 4.78 is 11.8. The fourth-order valence-corrected chi connectivity index (χ4v) is 4.29. The molecule has 0 fully saturated rings. The molecule has 0 aliphatic rings. The average Bonchev–Trinajstić information content (AvgIpc) is 3.41. The molecule has 28 heavy (non-hydrogen) atoms. The minimum absolute atomic E-state index is 0.0780. The second-order valence-corrected chi connectivity index (χ2v) is 8.21. The Bertz CT molecular complexity index is 1180. The number of thiazole rings is 1. The van der Waals surface area contributed by atoms with Crippen molar-refractivity contribution in [1.29, 1.82) is 5.26 Å². The quantitative estimate of drug-likeness (QED) is 0.271. The Hall–Kier alpha value is -3.09. The summed E-state index contributed by atoms with van der Waals surface area (Å²) in [5, 5.41) is 28.5. The van der Waals surface area contributed by atoms with Crippen molar-refractivity contribution in [1.82, 2.24) is 15.2 Å². The maximum atomic E-state index is 10.7. The predicted octanol–water partition coefficient (Wildman–Crippen LogP) is 5.22. The van der Waals surface area contributed by atoms with Gasteiger partial charge in [0.1, 0.15) is 28.2 Å². The number of rotatable bonds is 5. The van der Waals surface area contributed by atoms with Crippen LogP contribution in [0.5, 0.6) is 0 Å². The van der Waals surface area contributed by atoms with Gasteiger partial charge >= 0.3 is 0 Å². The summed E-state index contributed by atoms with van der Waals surface area (Å²) >= 11 is 2.53. The number of aryl methyl sites for hydroxylation is 1. The van der Waals surface area contributed by atoms with Crippen molar-refractivity contribution in [2.45, 2.75) is 24.3 Å². The Morgan fingerprint density at radius 1 is 1.29 bits per heavy atom. The highest BCUT2D eigenvalue weighted by Crippen LogP contribution is 2.34. The molecule has 0 aliphatic heterocycles. The van der Waals surface area contributed by atoms with Crippen LogP contribution in [-0.2, 0) is 0 Å². The van der Waals surface area contributed by atoms with Crippen molar-refractivity contribution < 1.29 is 13.9 Å². The molecule has 3 aromatic heterocycles. The lowest BCUT2D eigenvalue weighted by molar-refractivity contribution is 0.400. The highest BCUT2D eigenvalue weighted by Gasteiger charge is 2.22. The van der Waals surface area contributed by atoms with E-state index < -0.39 is 5.25 Å². The molecule has 0 spiro atoms. The molecule has 0 amide bonds. The Morgan fingerprint density at radius 2 is 2.11 bits per heavy atom. The third-order valence-corrected chi connectivity index (χ3v) is 6.03. The molecule has 1 aromatic carbocycles. The van der Waals surface area contributed by atoms with Gasteiger partial charge in [0.2, 0.25) is 0 Å². The Balaban J connectivity index is 1.59. The molecule has 0 aliphatic carbocycles. The molecule has 0 radical (unpaired) electrons. The second kappa shape index (κ2) is 7.50. The Morgan fingerprint density at radius 3 is 2.82 bits per heavy atom. The molecule has 0 saturated heterocycles. The maximum absolute atomic E-state index is 10.7. The van der Waals surface area contributed by atoms with Crippen LogP contribution < -0.4 is 0 Å². The van der Waals surface area contributed by atoms with Gasteiger partial charge in [-0.25, -0.2) is 4.98 Å². The first-order valence-corrected chi connectivity index (χ1v) is 10.00. The number of hydrogen-bond acceptors (Lipinski definition) is 9. The van der Waals surface area contributed by atoms with Crippen molar-refractivity contribution in [3.05, 3.63) is 53.1 Å². The van der Waals surface area contributed by atoms with Crippen LogP contribution in [0, 0.1) is 18.3 Å². The van der Waals surface area contributed by atoms with E-state index >= 15 is 0 Å². The van der Waals surface area contributed by atoms with E-state index in [0.29, 0.717) is 16.7 Å². The summed E-state index contributed by atoms with van der Waals surface area (Å²) in [7, 11) is 0. The van der Waals surface area contributed by atoms with Gasteiger partial charge < -0.3 is 13.9 Å². The summed E-state index contributed by atoms with van der Waals surface area (Å²) in [5.74, 6) is 0.945. The van der Waals surface area contributed by atoms with Crippen molar-refractivity contribution in [2.24, 2.45) is 0 Å². The van der Waals surface area contributed by atoms with Gasteiger partial charge in [0.15, 0.2) is 0 Å². The Kier molecular flexibility index (Phi) is 4.90. The molecule has 0 bridgehead atoms. The summed E-state index contributed by atoms with van der Waals surface area (Å²) in [6, 6.07) is 11.4. The first-order chi connectivity index (χ1) is 13.6. The number of benzene rings is 1. The van der Waals surface area contributed by atoms with E-state index in [1.807, 2.05) is 24.3 Å². The molecule has 1 atom stereocenters. The number of hydrogen-bond donors (Lipinski definition) is 1. The van der Waals surface area contributed by atoms with E-state index in [-0.39, 0.29) is 16.6 Å². The molecule has 9 heteroatoms. The number of aliphatic hydroxyl groups is 1. The second-order valence-electron chi connectivity index (χ2n) is 5.88. The van der Waals surface area contributed by atoms with Gasteiger partial charge in [0, 0.05) is 0 Å². The van der Waals surface area contributed by atoms with Crippen LogP contribution in [0.15, 0.2) is 56.4 Å². The van der Waals surface area contributed by atoms with Gasteiger partial charge in [0.25, 0.3) is 11.1 Å². The average molecular weight is 410 g/mol. The highest BCUT2D eigenvalue weighted by molar-refractivity contribution is 7.99. The fourth-order valence-electron chi connectivity index (χ4n) is 2.58. The van der Waals surface area contributed by atoms with Crippen molar-refractivity contribution >= 4 is 38.9 Å². The van der Waals surface area contributed by atoms with Crippen LogP contribution >= 0.6 is 23.1 Å². The van der Waals surface area contributed by atoms with E-state index in [0.717, 1.165) is 15.8 Å². The normalized spacial score (nSPS) is 13.3. The summed E-state index contributed by atoms with van der Waals surface area (Å²) in [6.07, 6.45) is 1.55. The topological polar surface area (TPSA) is 109 Å². The number of nitriles is 1. The van der Waals surface area contributed by atoms with Crippen LogP contribution in [0.2, 0.25) is 0 Å². The lowest BCUT2D eigenvalue weighted by atomic mass is 10.2. The summed E-state index contributed by atoms with van der Waals surface area (Å²) in [5.41, 5.74) is 1.66. The zero-order valence-electron chi connectivity index (χ0n) is 14.9. The number of allylic oxidation sites excluding steroid dienone is 1. The largest absolute Gasteiger partial charge is 0.510 e. The molecule has 0 saturated carbocycles. The molecule has 1 unspecified atom stereocenters. The van der Waals surface area contributed by atoms with Gasteiger partial charge in [-0.1, -0.05) is 23.9 Å². The van der Waals surface area contributed by atoms with Crippen LogP contribution in [0.4, 0.5) is 0 Å². The molecule has 4 rings (SSSR count). The van der Waals surface area contributed by atoms with E-state index in [9.17, 15) is 10.4 Å². The fraction of sp³-hybridized carbons (Fsp3) is 0.158. The van der Waals surface area contributed by atoms with Gasteiger partial charge in [0.05, 0.1) is 27.3 Å². The maximum Gasteiger partial charge on any atom is 0.277 e. The number of furan rings is 1. The zero-order valence-corrected chi connectivity index (χ0v) is 16.5. The SMILES string of the molecule is Cc1occc1-c1nnc(SC(C)/C(O)=C(\C#N)c2nc3ccccc3s2)o1. The van der Waals surface area contributed by atoms with Gasteiger partial charge in [-0.05, 0) is 32.0 Å². The van der Waals surface area contributed by atoms with E-state index in [2.05, 4.69) is 21.3 Å².